The number of halogens is 1. The van der Waals surface area contributed by atoms with Crippen LogP contribution in [0.15, 0.2) is 53.7 Å². The van der Waals surface area contributed by atoms with Crippen LogP contribution in [0, 0.1) is 0 Å². The number of amides is 1. The van der Waals surface area contributed by atoms with Crippen molar-refractivity contribution in [2.75, 3.05) is 10.0 Å². The zero-order valence-electron chi connectivity index (χ0n) is 26.7. The van der Waals surface area contributed by atoms with Crippen LogP contribution in [0.4, 0.5) is 16.4 Å². The number of aryl methyl sites for hydroxylation is 2. The molecule has 0 atom stereocenters. The van der Waals surface area contributed by atoms with Crippen molar-refractivity contribution in [3.8, 4) is 11.3 Å². The molecule has 5 rings (SSSR count). The molecule has 0 unspecified atom stereocenters. The highest BCUT2D eigenvalue weighted by atomic mass is 35.5. The first-order chi connectivity index (χ1) is 21.8. The van der Waals surface area contributed by atoms with Crippen molar-refractivity contribution in [2.24, 2.45) is 0 Å². The number of benzene rings is 2. The van der Waals surface area contributed by atoms with E-state index in [9.17, 15) is 13.2 Å². The lowest BCUT2D eigenvalue weighted by Gasteiger charge is -2.30. The normalized spacial score (nSPS) is 17.0. The number of hydrogen-bond acceptors (Lipinski definition) is 9. The number of carbonyl (C=O) groups is 1. The molecule has 244 valence electrons. The van der Waals surface area contributed by atoms with Gasteiger partial charge in [0.2, 0.25) is 5.95 Å². The molecule has 46 heavy (non-hydrogen) atoms. The average Bonchev–Trinajstić information content (AvgIpc) is 3.01. The van der Waals surface area contributed by atoms with Gasteiger partial charge < -0.3 is 15.4 Å². The summed E-state index contributed by atoms with van der Waals surface area (Å²) in [6, 6.07) is 12.4. The topological polar surface area (TPSA) is 148 Å². The summed E-state index contributed by atoms with van der Waals surface area (Å²) in [6.45, 7) is 9.57. The Morgan fingerprint density at radius 1 is 0.978 bits per heavy atom. The van der Waals surface area contributed by atoms with Gasteiger partial charge in [0.15, 0.2) is 5.03 Å². The van der Waals surface area contributed by atoms with Crippen LogP contribution in [0.2, 0.25) is 5.02 Å². The number of carbonyl (C=O) groups excluding carboxylic acids is 1. The number of nitrogens with one attached hydrogen (secondary N) is 3. The molecule has 0 spiro atoms. The van der Waals surface area contributed by atoms with E-state index in [4.69, 9.17) is 21.3 Å². The highest BCUT2D eigenvalue weighted by Crippen LogP contribution is 2.31. The molecule has 0 aliphatic heterocycles. The monoisotopic (exact) mass is 665 g/mol. The second-order valence-electron chi connectivity index (χ2n) is 12.5. The molecule has 0 radical (unpaired) electrons. The molecule has 2 heterocycles. The van der Waals surface area contributed by atoms with Crippen LogP contribution >= 0.6 is 11.6 Å². The zero-order chi connectivity index (χ0) is 33.1. The Hall–Kier alpha value is -4.03. The molecule has 1 aliphatic carbocycles. The van der Waals surface area contributed by atoms with Crippen molar-refractivity contribution < 1.29 is 17.9 Å². The summed E-state index contributed by atoms with van der Waals surface area (Å²) in [6.07, 6.45) is 6.12. The van der Waals surface area contributed by atoms with Gasteiger partial charge in [-0.05, 0) is 101 Å². The molecule has 4 aromatic rings. The van der Waals surface area contributed by atoms with Crippen molar-refractivity contribution in [2.45, 2.75) is 95.9 Å². The summed E-state index contributed by atoms with van der Waals surface area (Å²) >= 11 is 6.16. The SMILES string of the molecule is CCc1cc(S(=O)(=O)Nc2ccccc2Cl)nnc1-c1cc(CC)c2nc(NC3CCC(NC(=O)OC(C)(C)C)CC3)ncc2c1. The maximum Gasteiger partial charge on any atom is 0.407 e. The molecule has 2 aromatic heterocycles. The van der Waals surface area contributed by atoms with E-state index < -0.39 is 15.6 Å². The summed E-state index contributed by atoms with van der Waals surface area (Å²) in [5, 5.41) is 15.9. The number of para-hydroxylation sites is 1. The van der Waals surface area contributed by atoms with E-state index in [1.807, 2.05) is 39.8 Å². The summed E-state index contributed by atoms with van der Waals surface area (Å²) in [5.41, 5.74) is 3.77. The van der Waals surface area contributed by atoms with Crippen LogP contribution < -0.4 is 15.4 Å². The number of ether oxygens (including phenoxy) is 1. The van der Waals surface area contributed by atoms with Gasteiger partial charge in [-0.25, -0.2) is 14.8 Å². The maximum absolute atomic E-state index is 13.1. The minimum Gasteiger partial charge on any atom is -0.444 e. The van der Waals surface area contributed by atoms with Crippen LogP contribution in [0.1, 0.15) is 71.4 Å². The number of hydrogen-bond donors (Lipinski definition) is 3. The first-order valence-corrected chi connectivity index (χ1v) is 17.4. The molecule has 1 saturated carbocycles. The van der Waals surface area contributed by atoms with Gasteiger partial charge in [0.25, 0.3) is 10.0 Å². The molecule has 11 nitrogen and oxygen atoms in total. The maximum atomic E-state index is 13.1. The molecule has 13 heteroatoms. The third-order valence-corrected chi connectivity index (χ3v) is 9.39. The number of nitrogens with zero attached hydrogens (tertiary/aromatic N) is 4. The van der Waals surface area contributed by atoms with Gasteiger partial charge >= 0.3 is 6.09 Å². The third-order valence-electron chi connectivity index (χ3n) is 7.82. The smallest absolute Gasteiger partial charge is 0.407 e. The molecular formula is C33H40ClN7O4S. The lowest BCUT2D eigenvalue weighted by molar-refractivity contribution is 0.0492. The Labute approximate surface area is 275 Å². The number of fused-ring (bicyclic) bond motifs is 1. The zero-order valence-corrected chi connectivity index (χ0v) is 28.3. The van der Waals surface area contributed by atoms with Gasteiger partial charge in [0, 0.05) is 29.2 Å². The number of anilines is 2. The van der Waals surface area contributed by atoms with Crippen molar-refractivity contribution in [1.29, 1.82) is 0 Å². The Morgan fingerprint density at radius 2 is 1.67 bits per heavy atom. The van der Waals surface area contributed by atoms with E-state index in [2.05, 4.69) is 37.5 Å². The van der Waals surface area contributed by atoms with Crippen molar-refractivity contribution >= 4 is 50.3 Å². The van der Waals surface area contributed by atoms with E-state index in [1.165, 1.54) is 0 Å². The van der Waals surface area contributed by atoms with Crippen LogP contribution in [-0.4, -0.2) is 52.4 Å². The van der Waals surface area contributed by atoms with Crippen LogP contribution in [0.25, 0.3) is 22.2 Å². The van der Waals surface area contributed by atoms with E-state index in [-0.39, 0.29) is 33.9 Å². The fourth-order valence-corrected chi connectivity index (χ4v) is 6.79. The Bertz CT molecular complexity index is 1840. The van der Waals surface area contributed by atoms with Crippen molar-refractivity contribution in [3.05, 3.63) is 64.8 Å². The fraction of sp³-hybridized carbons (Fsp3) is 0.424. The number of rotatable bonds is 9. The van der Waals surface area contributed by atoms with E-state index in [0.717, 1.165) is 59.7 Å². The lowest BCUT2D eigenvalue weighted by Crippen LogP contribution is -2.42. The molecule has 1 amide bonds. The summed E-state index contributed by atoms with van der Waals surface area (Å²) in [4.78, 5) is 21.6. The number of alkyl carbamates (subject to hydrolysis) is 1. The second-order valence-corrected chi connectivity index (χ2v) is 14.5. The van der Waals surface area contributed by atoms with E-state index >= 15 is 0 Å². The molecular weight excluding hydrogens is 626 g/mol. The van der Waals surface area contributed by atoms with Gasteiger partial charge in [-0.15, -0.1) is 10.2 Å². The summed E-state index contributed by atoms with van der Waals surface area (Å²) in [7, 11) is -4.01. The van der Waals surface area contributed by atoms with Crippen LogP contribution in [0.3, 0.4) is 0 Å². The second kappa shape index (κ2) is 13.8. The predicted octanol–water partition coefficient (Wildman–Crippen LogP) is 6.91. The summed E-state index contributed by atoms with van der Waals surface area (Å²) in [5.74, 6) is 0.563. The molecule has 1 aliphatic rings. The van der Waals surface area contributed by atoms with Gasteiger partial charge in [-0.3, -0.25) is 4.72 Å². The third kappa shape index (κ3) is 8.03. The Kier molecular flexibility index (Phi) is 9.97. The Morgan fingerprint density at radius 3 is 2.35 bits per heavy atom. The van der Waals surface area contributed by atoms with E-state index in [1.54, 1.807) is 36.5 Å². The standard InChI is InChI=1S/C33H40ClN7O4S/c1-6-20-16-22(30-21(7-2)18-28(39-40-30)46(43,44)41-27-11-9-8-10-26(27)34)17-23-19-35-31(38-29(20)23)36-24-12-14-25(15-13-24)37-32(42)45-33(3,4)5/h8-11,16-19,24-25,41H,6-7,12-15H2,1-5H3,(H,37,42)(H,35,36,38). The minimum absolute atomic E-state index is 0.0828. The first kappa shape index (κ1) is 33.3. The highest BCUT2D eigenvalue weighted by molar-refractivity contribution is 7.92. The molecule has 0 saturated heterocycles. The van der Waals surface area contributed by atoms with Gasteiger partial charge in [-0.2, -0.15) is 8.42 Å². The quantitative estimate of drug-likeness (QED) is 0.173. The lowest BCUT2D eigenvalue weighted by atomic mass is 9.91. The fourth-order valence-electron chi connectivity index (χ4n) is 5.53. The average molecular weight is 666 g/mol. The number of sulfonamides is 1. The number of aromatic nitrogens is 4. The highest BCUT2D eigenvalue weighted by Gasteiger charge is 2.26. The predicted molar refractivity (Wildman–Crippen MR) is 181 cm³/mol. The van der Waals surface area contributed by atoms with Gasteiger partial charge in [-0.1, -0.05) is 37.6 Å². The first-order valence-electron chi connectivity index (χ1n) is 15.5. The summed E-state index contributed by atoms with van der Waals surface area (Å²) < 4.78 is 34.1. The molecule has 1 fully saturated rings. The van der Waals surface area contributed by atoms with Crippen LogP contribution in [-0.2, 0) is 27.6 Å². The molecule has 2 aromatic carbocycles. The van der Waals surface area contributed by atoms with Gasteiger partial charge in [0.05, 0.1) is 21.9 Å². The minimum atomic E-state index is -4.01. The van der Waals surface area contributed by atoms with Gasteiger partial charge in [0.1, 0.15) is 5.60 Å². The largest absolute Gasteiger partial charge is 0.444 e. The van der Waals surface area contributed by atoms with Crippen LogP contribution in [0.5, 0.6) is 0 Å². The molecule has 0 bridgehead atoms. The molecule has 3 N–H and O–H groups in total. The van der Waals surface area contributed by atoms with E-state index in [0.29, 0.717) is 18.1 Å². The Balaban J connectivity index is 1.32. The van der Waals surface area contributed by atoms with Crippen molar-refractivity contribution in [1.82, 2.24) is 25.5 Å². The van der Waals surface area contributed by atoms with Crippen molar-refractivity contribution in [3.63, 3.8) is 0 Å².